The van der Waals surface area contributed by atoms with Crippen molar-refractivity contribution in [2.24, 2.45) is 0 Å². The van der Waals surface area contributed by atoms with Crippen molar-refractivity contribution in [2.75, 3.05) is 6.54 Å². The summed E-state index contributed by atoms with van der Waals surface area (Å²) in [7, 11) is 0. The van der Waals surface area contributed by atoms with Crippen LogP contribution in [0.1, 0.15) is 58.8 Å². The van der Waals surface area contributed by atoms with Crippen LogP contribution in [-0.4, -0.2) is 41.9 Å². The zero-order valence-electron chi connectivity index (χ0n) is 20.4. The van der Waals surface area contributed by atoms with Crippen LogP contribution in [0, 0.1) is 0 Å². The van der Waals surface area contributed by atoms with Gasteiger partial charge in [0.25, 0.3) is 0 Å². The SMILES string of the molecule is CC(C)(C)OC(=O)NC(CNC(=O)OC1c2ccccc2-c2ccccc21)C(=O)OC(C)(C)C. The molecule has 0 spiro atoms. The van der Waals surface area contributed by atoms with Crippen molar-refractivity contribution in [1.82, 2.24) is 10.6 Å². The van der Waals surface area contributed by atoms with Crippen molar-refractivity contribution in [3.05, 3.63) is 59.7 Å². The average molecular weight is 469 g/mol. The predicted octanol–water partition coefficient (Wildman–Crippen LogP) is 4.72. The molecule has 1 atom stereocenters. The van der Waals surface area contributed by atoms with E-state index in [1.165, 1.54) is 0 Å². The third-order valence-electron chi connectivity index (χ3n) is 4.83. The van der Waals surface area contributed by atoms with E-state index in [1.807, 2.05) is 48.5 Å². The van der Waals surface area contributed by atoms with Crippen molar-refractivity contribution in [3.63, 3.8) is 0 Å². The third kappa shape index (κ3) is 6.50. The first-order chi connectivity index (χ1) is 15.8. The van der Waals surface area contributed by atoms with Crippen LogP contribution in [0.5, 0.6) is 0 Å². The smallest absolute Gasteiger partial charge is 0.408 e. The Bertz CT molecular complexity index is 1020. The lowest BCUT2D eigenvalue weighted by molar-refractivity contribution is -0.157. The van der Waals surface area contributed by atoms with Gasteiger partial charge in [-0.3, -0.25) is 0 Å². The second-order valence-electron chi connectivity index (χ2n) is 10.1. The Labute approximate surface area is 200 Å². The molecular formula is C26H32N2O6. The van der Waals surface area contributed by atoms with Gasteiger partial charge in [-0.15, -0.1) is 0 Å². The summed E-state index contributed by atoms with van der Waals surface area (Å²) in [6, 6.07) is 14.3. The number of esters is 1. The Kier molecular flexibility index (Phi) is 7.19. The minimum atomic E-state index is -1.16. The second-order valence-corrected chi connectivity index (χ2v) is 10.1. The van der Waals surface area contributed by atoms with Crippen molar-refractivity contribution < 1.29 is 28.6 Å². The van der Waals surface area contributed by atoms with E-state index in [4.69, 9.17) is 14.2 Å². The summed E-state index contributed by atoms with van der Waals surface area (Å²) < 4.78 is 16.4. The Hall–Kier alpha value is -3.55. The van der Waals surface area contributed by atoms with E-state index in [9.17, 15) is 14.4 Å². The van der Waals surface area contributed by atoms with Gasteiger partial charge >= 0.3 is 18.2 Å². The van der Waals surface area contributed by atoms with Gasteiger partial charge in [-0.25, -0.2) is 14.4 Å². The molecule has 0 aliphatic heterocycles. The molecule has 8 nitrogen and oxygen atoms in total. The minimum Gasteiger partial charge on any atom is -0.458 e. The number of hydrogen-bond donors (Lipinski definition) is 2. The monoisotopic (exact) mass is 468 g/mol. The number of carbonyl (C=O) groups is 3. The van der Waals surface area contributed by atoms with Gasteiger partial charge in [0.15, 0.2) is 6.10 Å². The number of rotatable bonds is 5. The fraction of sp³-hybridized carbons (Fsp3) is 0.423. The van der Waals surface area contributed by atoms with Crippen LogP contribution in [0.3, 0.4) is 0 Å². The molecular weight excluding hydrogens is 436 g/mol. The number of alkyl carbamates (subject to hydrolysis) is 2. The molecule has 0 heterocycles. The first-order valence-corrected chi connectivity index (χ1v) is 11.2. The molecule has 0 bridgehead atoms. The highest BCUT2D eigenvalue weighted by Crippen LogP contribution is 2.44. The fourth-order valence-electron chi connectivity index (χ4n) is 3.59. The lowest BCUT2D eigenvalue weighted by atomic mass is 10.1. The summed E-state index contributed by atoms with van der Waals surface area (Å²) in [5.74, 6) is -0.699. The minimum absolute atomic E-state index is 0.233. The third-order valence-corrected chi connectivity index (χ3v) is 4.83. The first-order valence-electron chi connectivity index (χ1n) is 11.2. The Morgan fingerprint density at radius 3 is 1.79 bits per heavy atom. The Balaban J connectivity index is 1.69. The first kappa shape index (κ1) is 25.1. The molecule has 1 unspecified atom stereocenters. The van der Waals surface area contributed by atoms with Crippen molar-refractivity contribution in [2.45, 2.75) is 64.9 Å². The zero-order chi connectivity index (χ0) is 25.1. The highest BCUT2D eigenvalue weighted by molar-refractivity contribution is 5.83. The molecule has 34 heavy (non-hydrogen) atoms. The second kappa shape index (κ2) is 9.75. The molecule has 182 valence electrons. The Morgan fingerprint density at radius 1 is 0.794 bits per heavy atom. The van der Waals surface area contributed by atoms with Gasteiger partial charge in [-0.05, 0) is 52.7 Å². The molecule has 0 fully saturated rings. The van der Waals surface area contributed by atoms with Crippen molar-refractivity contribution >= 4 is 18.2 Å². The molecule has 0 saturated carbocycles. The lowest BCUT2D eigenvalue weighted by Gasteiger charge is -2.26. The molecule has 2 aromatic rings. The van der Waals surface area contributed by atoms with Gasteiger partial charge in [0.1, 0.15) is 17.2 Å². The quantitative estimate of drug-likeness (QED) is 0.486. The molecule has 3 rings (SSSR count). The molecule has 2 N–H and O–H groups in total. The summed E-state index contributed by atoms with van der Waals surface area (Å²) >= 11 is 0. The van der Waals surface area contributed by atoms with E-state index in [1.54, 1.807) is 41.5 Å². The highest BCUT2D eigenvalue weighted by Gasteiger charge is 2.33. The summed E-state index contributed by atoms with van der Waals surface area (Å²) in [6.07, 6.45) is -2.10. The number of carbonyl (C=O) groups excluding carboxylic acids is 3. The lowest BCUT2D eigenvalue weighted by Crippen LogP contribution is -2.51. The van der Waals surface area contributed by atoms with Crippen LogP contribution in [0.15, 0.2) is 48.5 Å². The van der Waals surface area contributed by atoms with Crippen LogP contribution in [0.4, 0.5) is 9.59 Å². The van der Waals surface area contributed by atoms with E-state index in [0.29, 0.717) is 0 Å². The maximum atomic E-state index is 12.7. The molecule has 1 aliphatic rings. The number of nitrogens with one attached hydrogen (secondary N) is 2. The molecule has 2 aromatic carbocycles. The van der Waals surface area contributed by atoms with Gasteiger partial charge in [0.05, 0.1) is 6.54 Å². The van der Waals surface area contributed by atoms with Gasteiger partial charge in [0, 0.05) is 11.1 Å². The van der Waals surface area contributed by atoms with E-state index in [0.717, 1.165) is 22.3 Å². The zero-order valence-corrected chi connectivity index (χ0v) is 20.4. The standard InChI is InChI=1S/C26H32N2O6/c1-25(2,3)33-22(29)20(28-24(31)34-26(4,5)6)15-27-23(30)32-21-18-13-9-7-11-16(18)17-12-8-10-14-19(17)21/h7-14,20-21H,15H2,1-6H3,(H,27,30)(H,28,31). The molecule has 0 radical (unpaired) electrons. The summed E-state index contributed by atoms with van der Waals surface area (Å²) in [4.78, 5) is 37.6. The van der Waals surface area contributed by atoms with E-state index < -0.39 is 41.5 Å². The molecule has 1 aliphatic carbocycles. The van der Waals surface area contributed by atoms with Crippen molar-refractivity contribution in [1.29, 1.82) is 0 Å². The maximum Gasteiger partial charge on any atom is 0.408 e. The normalized spacial score (nSPS) is 13.8. The predicted molar refractivity (Wildman–Crippen MR) is 127 cm³/mol. The van der Waals surface area contributed by atoms with Crippen LogP contribution in [0.2, 0.25) is 0 Å². The number of hydrogen-bond acceptors (Lipinski definition) is 6. The van der Waals surface area contributed by atoms with Crippen LogP contribution in [0.25, 0.3) is 11.1 Å². The number of ether oxygens (including phenoxy) is 3. The van der Waals surface area contributed by atoms with Gasteiger partial charge < -0.3 is 24.8 Å². The van der Waals surface area contributed by atoms with Crippen molar-refractivity contribution in [3.8, 4) is 11.1 Å². The molecule has 8 heteroatoms. The number of fused-ring (bicyclic) bond motifs is 3. The Morgan fingerprint density at radius 2 is 1.29 bits per heavy atom. The summed E-state index contributed by atoms with van der Waals surface area (Å²) in [5.41, 5.74) is 2.26. The maximum absolute atomic E-state index is 12.7. The van der Waals surface area contributed by atoms with E-state index in [-0.39, 0.29) is 6.54 Å². The van der Waals surface area contributed by atoms with Crippen LogP contribution in [-0.2, 0) is 19.0 Å². The van der Waals surface area contributed by atoms with Crippen LogP contribution < -0.4 is 10.6 Å². The molecule has 2 amide bonds. The number of amides is 2. The van der Waals surface area contributed by atoms with E-state index in [2.05, 4.69) is 10.6 Å². The molecule has 0 aromatic heterocycles. The van der Waals surface area contributed by atoms with E-state index >= 15 is 0 Å². The highest BCUT2D eigenvalue weighted by atomic mass is 16.6. The van der Waals surface area contributed by atoms with Gasteiger partial charge in [0.2, 0.25) is 0 Å². The van der Waals surface area contributed by atoms with Gasteiger partial charge in [-0.2, -0.15) is 0 Å². The fourth-order valence-corrected chi connectivity index (χ4v) is 3.59. The van der Waals surface area contributed by atoms with Crippen LogP contribution >= 0.6 is 0 Å². The molecule has 0 saturated heterocycles. The summed E-state index contributed by atoms with van der Waals surface area (Å²) in [5, 5.41) is 5.04. The van der Waals surface area contributed by atoms with Gasteiger partial charge in [-0.1, -0.05) is 48.5 Å². The largest absolute Gasteiger partial charge is 0.458 e. The average Bonchev–Trinajstić information content (AvgIpc) is 3.02. The topological polar surface area (TPSA) is 103 Å². The summed E-state index contributed by atoms with van der Waals surface area (Å²) in [6.45, 7) is 10.0. The number of benzene rings is 2.